The van der Waals surface area contributed by atoms with Crippen molar-refractivity contribution in [2.24, 2.45) is 0 Å². The van der Waals surface area contributed by atoms with Crippen LogP contribution in [0.1, 0.15) is 11.1 Å². The number of benzene rings is 2. The lowest BCUT2D eigenvalue weighted by Gasteiger charge is -2.08. The first-order valence-electron chi connectivity index (χ1n) is 6.49. The molecule has 0 spiro atoms. The number of hydrogen-bond donors (Lipinski definition) is 2. The Bertz CT molecular complexity index is 700. The van der Waals surface area contributed by atoms with Crippen LogP contribution in [0.5, 0.6) is 0 Å². The van der Waals surface area contributed by atoms with E-state index < -0.39 is 10.0 Å². The summed E-state index contributed by atoms with van der Waals surface area (Å²) in [5, 5.41) is 3.60. The van der Waals surface area contributed by atoms with Crippen LogP contribution in [-0.2, 0) is 23.1 Å². The van der Waals surface area contributed by atoms with Crippen LogP contribution in [0.4, 0.5) is 0 Å². The molecule has 0 fully saturated rings. The fourth-order valence-corrected chi connectivity index (χ4v) is 3.13. The smallest absolute Gasteiger partial charge is 0.240 e. The number of sulfonamides is 1. The van der Waals surface area contributed by atoms with Gasteiger partial charge in [0.1, 0.15) is 0 Å². The molecular weight excluding hydrogens is 308 g/mol. The fourth-order valence-electron chi connectivity index (χ4n) is 1.90. The predicted octanol–water partition coefficient (Wildman–Crippen LogP) is 2.54. The molecule has 0 bridgehead atoms. The van der Waals surface area contributed by atoms with Crippen molar-refractivity contribution in [2.45, 2.75) is 18.0 Å². The van der Waals surface area contributed by atoms with Crippen molar-refractivity contribution in [3.05, 3.63) is 64.7 Å². The second kappa shape index (κ2) is 7.04. The Labute approximate surface area is 130 Å². The molecule has 2 N–H and O–H groups in total. The van der Waals surface area contributed by atoms with E-state index in [4.69, 9.17) is 11.6 Å². The Kier molecular flexibility index (Phi) is 5.36. The molecule has 0 saturated carbocycles. The van der Waals surface area contributed by atoms with Crippen LogP contribution in [0.3, 0.4) is 0 Å². The lowest BCUT2D eigenvalue weighted by Crippen LogP contribution is -2.23. The second-order valence-corrected chi connectivity index (χ2v) is 6.83. The van der Waals surface area contributed by atoms with Gasteiger partial charge in [0.05, 0.1) is 4.90 Å². The maximum Gasteiger partial charge on any atom is 0.240 e. The minimum atomic E-state index is -3.52. The molecule has 0 aliphatic heterocycles. The molecule has 2 aromatic rings. The SMILES string of the molecule is CNCc1ccc(S(=O)(=O)NCc2cccc(Cl)c2)cc1. The molecule has 0 aliphatic rings. The Hall–Kier alpha value is -1.40. The third-order valence-corrected chi connectivity index (χ3v) is 4.62. The Morgan fingerprint density at radius 3 is 2.33 bits per heavy atom. The summed E-state index contributed by atoms with van der Waals surface area (Å²) >= 11 is 5.88. The summed E-state index contributed by atoms with van der Waals surface area (Å²) in [5.41, 5.74) is 1.85. The molecule has 0 amide bonds. The average molecular weight is 325 g/mol. The lowest BCUT2D eigenvalue weighted by molar-refractivity contribution is 0.581. The highest BCUT2D eigenvalue weighted by atomic mass is 35.5. The molecule has 112 valence electrons. The molecule has 0 unspecified atom stereocenters. The maximum absolute atomic E-state index is 12.2. The van der Waals surface area contributed by atoms with E-state index in [2.05, 4.69) is 10.0 Å². The van der Waals surface area contributed by atoms with Gasteiger partial charge in [-0.1, -0.05) is 35.9 Å². The van der Waals surface area contributed by atoms with Crippen molar-refractivity contribution < 1.29 is 8.42 Å². The molecule has 0 heterocycles. The van der Waals surface area contributed by atoms with E-state index in [1.54, 1.807) is 42.5 Å². The number of rotatable bonds is 6. The molecular formula is C15H17ClN2O2S. The van der Waals surface area contributed by atoms with E-state index in [9.17, 15) is 8.42 Å². The largest absolute Gasteiger partial charge is 0.316 e. The summed E-state index contributed by atoms with van der Waals surface area (Å²) in [6.45, 7) is 0.914. The van der Waals surface area contributed by atoms with E-state index in [0.29, 0.717) is 11.6 Å². The fraction of sp³-hybridized carbons (Fsp3) is 0.200. The first-order valence-corrected chi connectivity index (χ1v) is 8.35. The molecule has 0 radical (unpaired) electrons. The molecule has 0 saturated heterocycles. The standard InChI is InChI=1S/C15H17ClN2O2S/c1-17-10-12-5-7-15(8-6-12)21(19,20)18-11-13-3-2-4-14(16)9-13/h2-9,17-18H,10-11H2,1H3. The van der Waals surface area contributed by atoms with Gasteiger partial charge in [0.15, 0.2) is 0 Å². The van der Waals surface area contributed by atoms with Crippen LogP contribution in [-0.4, -0.2) is 15.5 Å². The van der Waals surface area contributed by atoms with Gasteiger partial charge in [-0.15, -0.1) is 0 Å². The topological polar surface area (TPSA) is 58.2 Å². The average Bonchev–Trinajstić information content (AvgIpc) is 2.46. The normalized spacial score (nSPS) is 11.5. The summed E-state index contributed by atoms with van der Waals surface area (Å²) in [7, 11) is -1.67. The highest BCUT2D eigenvalue weighted by Gasteiger charge is 2.13. The minimum Gasteiger partial charge on any atom is -0.316 e. The predicted molar refractivity (Wildman–Crippen MR) is 84.7 cm³/mol. The van der Waals surface area contributed by atoms with Crippen LogP contribution >= 0.6 is 11.6 Å². The van der Waals surface area contributed by atoms with E-state index in [1.807, 2.05) is 13.1 Å². The van der Waals surface area contributed by atoms with Crippen molar-refractivity contribution in [1.82, 2.24) is 10.0 Å². The third kappa shape index (κ3) is 4.54. The summed E-state index contributed by atoms with van der Waals surface area (Å²) in [6, 6.07) is 13.9. The zero-order valence-corrected chi connectivity index (χ0v) is 13.2. The van der Waals surface area contributed by atoms with Crippen molar-refractivity contribution in [3.63, 3.8) is 0 Å². The van der Waals surface area contributed by atoms with Crippen LogP contribution in [0, 0.1) is 0 Å². The molecule has 2 aromatic carbocycles. The van der Waals surface area contributed by atoms with E-state index >= 15 is 0 Å². The summed E-state index contributed by atoms with van der Waals surface area (Å²) < 4.78 is 27.0. The van der Waals surface area contributed by atoms with Crippen molar-refractivity contribution >= 4 is 21.6 Å². The molecule has 21 heavy (non-hydrogen) atoms. The van der Waals surface area contributed by atoms with Crippen LogP contribution < -0.4 is 10.0 Å². The highest BCUT2D eigenvalue weighted by molar-refractivity contribution is 7.89. The third-order valence-electron chi connectivity index (χ3n) is 2.97. The minimum absolute atomic E-state index is 0.209. The Balaban J connectivity index is 2.07. The molecule has 0 atom stereocenters. The van der Waals surface area contributed by atoms with Crippen LogP contribution in [0.15, 0.2) is 53.4 Å². The van der Waals surface area contributed by atoms with Crippen molar-refractivity contribution in [1.29, 1.82) is 0 Å². The Morgan fingerprint density at radius 1 is 1.00 bits per heavy atom. The Morgan fingerprint density at radius 2 is 1.71 bits per heavy atom. The van der Waals surface area contributed by atoms with Gasteiger partial charge in [0.25, 0.3) is 0 Å². The van der Waals surface area contributed by atoms with Gasteiger partial charge in [0.2, 0.25) is 10.0 Å². The molecule has 0 aromatic heterocycles. The number of halogens is 1. The van der Waals surface area contributed by atoms with Gasteiger partial charge in [-0.25, -0.2) is 13.1 Å². The van der Waals surface area contributed by atoms with Gasteiger partial charge in [-0.2, -0.15) is 0 Å². The van der Waals surface area contributed by atoms with Gasteiger partial charge in [0, 0.05) is 18.1 Å². The van der Waals surface area contributed by atoms with E-state index in [1.165, 1.54) is 0 Å². The van der Waals surface area contributed by atoms with E-state index in [0.717, 1.165) is 11.1 Å². The monoisotopic (exact) mass is 324 g/mol. The summed E-state index contributed by atoms with van der Waals surface area (Å²) in [5.74, 6) is 0. The van der Waals surface area contributed by atoms with Gasteiger partial charge in [-0.3, -0.25) is 0 Å². The maximum atomic E-state index is 12.2. The summed E-state index contributed by atoms with van der Waals surface area (Å²) in [6.07, 6.45) is 0. The van der Waals surface area contributed by atoms with Gasteiger partial charge in [-0.05, 0) is 42.4 Å². The van der Waals surface area contributed by atoms with Crippen molar-refractivity contribution in [3.8, 4) is 0 Å². The number of nitrogens with one attached hydrogen (secondary N) is 2. The molecule has 0 aliphatic carbocycles. The first-order chi connectivity index (χ1) is 10.0. The van der Waals surface area contributed by atoms with Crippen molar-refractivity contribution in [2.75, 3.05) is 7.05 Å². The second-order valence-electron chi connectivity index (χ2n) is 4.63. The zero-order valence-electron chi connectivity index (χ0n) is 11.6. The molecule has 4 nitrogen and oxygen atoms in total. The molecule has 6 heteroatoms. The number of hydrogen-bond acceptors (Lipinski definition) is 3. The zero-order chi connectivity index (χ0) is 15.3. The van der Waals surface area contributed by atoms with E-state index in [-0.39, 0.29) is 11.4 Å². The quantitative estimate of drug-likeness (QED) is 0.858. The van der Waals surface area contributed by atoms with Crippen LogP contribution in [0.2, 0.25) is 5.02 Å². The van der Waals surface area contributed by atoms with Gasteiger partial charge >= 0.3 is 0 Å². The highest BCUT2D eigenvalue weighted by Crippen LogP contribution is 2.13. The molecule has 2 rings (SSSR count). The first kappa shape index (κ1) is 16.0. The van der Waals surface area contributed by atoms with Gasteiger partial charge < -0.3 is 5.32 Å². The van der Waals surface area contributed by atoms with Crippen LogP contribution in [0.25, 0.3) is 0 Å². The lowest BCUT2D eigenvalue weighted by atomic mass is 10.2. The summed E-state index contributed by atoms with van der Waals surface area (Å²) in [4.78, 5) is 0.254.